The summed E-state index contributed by atoms with van der Waals surface area (Å²) in [7, 11) is 0. The Morgan fingerprint density at radius 2 is 1.62 bits per heavy atom. The van der Waals surface area contributed by atoms with Crippen LogP contribution in [0.3, 0.4) is 0 Å². The van der Waals surface area contributed by atoms with Gasteiger partial charge >= 0.3 is 0 Å². The van der Waals surface area contributed by atoms with Crippen molar-refractivity contribution < 1.29 is 9.26 Å². The summed E-state index contributed by atoms with van der Waals surface area (Å²) in [6, 6.07) is 16.4. The number of nitrogens with zero attached hydrogens (tertiary/aromatic N) is 4. The van der Waals surface area contributed by atoms with E-state index in [9.17, 15) is 0 Å². The zero-order valence-electron chi connectivity index (χ0n) is 17.2. The van der Waals surface area contributed by atoms with E-state index in [1.54, 1.807) is 0 Å². The van der Waals surface area contributed by atoms with Crippen LogP contribution in [0, 0.1) is 6.92 Å². The van der Waals surface area contributed by atoms with Crippen molar-refractivity contribution in [2.24, 2.45) is 0 Å². The lowest BCUT2D eigenvalue weighted by Gasteiger charge is -2.34. The summed E-state index contributed by atoms with van der Waals surface area (Å²) in [5, 5.41) is 4.14. The first-order chi connectivity index (χ1) is 14.2. The molecular weight excluding hydrogens is 364 g/mol. The zero-order chi connectivity index (χ0) is 20.1. The SMILES string of the molecule is CCOc1ccc(-c2noc(CN3CCN(Cc4ccccc4C)CC3)n2)cc1. The van der Waals surface area contributed by atoms with Crippen LogP contribution in [0.15, 0.2) is 53.1 Å². The Morgan fingerprint density at radius 1 is 0.931 bits per heavy atom. The molecule has 29 heavy (non-hydrogen) atoms. The predicted molar refractivity (Wildman–Crippen MR) is 113 cm³/mol. The molecule has 0 amide bonds. The molecule has 1 saturated heterocycles. The molecule has 1 aromatic heterocycles. The lowest BCUT2D eigenvalue weighted by Crippen LogP contribution is -2.45. The van der Waals surface area contributed by atoms with Gasteiger partial charge in [0.15, 0.2) is 0 Å². The van der Waals surface area contributed by atoms with E-state index in [1.807, 2.05) is 31.2 Å². The predicted octanol–water partition coefficient (Wildman–Crippen LogP) is 3.76. The van der Waals surface area contributed by atoms with Crippen LogP contribution >= 0.6 is 0 Å². The maximum Gasteiger partial charge on any atom is 0.241 e. The van der Waals surface area contributed by atoms with Crippen LogP contribution in [0.4, 0.5) is 0 Å². The minimum Gasteiger partial charge on any atom is -0.494 e. The number of aryl methyl sites for hydroxylation is 1. The second-order valence-corrected chi connectivity index (χ2v) is 7.45. The zero-order valence-corrected chi connectivity index (χ0v) is 17.2. The molecule has 152 valence electrons. The van der Waals surface area contributed by atoms with Gasteiger partial charge in [0.2, 0.25) is 11.7 Å². The minimum atomic E-state index is 0.626. The maximum atomic E-state index is 5.49. The van der Waals surface area contributed by atoms with Gasteiger partial charge in [-0.3, -0.25) is 9.80 Å². The summed E-state index contributed by atoms with van der Waals surface area (Å²) in [5.41, 5.74) is 3.71. The highest BCUT2D eigenvalue weighted by Gasteiger charge is 2.20. The van der Waals surface area contributed by atoms with Crippen LogP contribution in [0.2, 0.25) is 0 Å². The van der Waals surface area contributed by atoms with Gasteiger partial charge in [0.05, 0.1) is 13.2 Å². The Bertz CT molecular complexity index is 915. The third-order valence-corrected chi connectivity index (χ3v) is 5.37. The lowest BCUT2D eigenvalue weighted by atomic mass is 10.1. The molecule has 3 aromatic rings. The Hall–Kier alpha value is -2.70. The van der Waals surface area contributed by atoms with Gasteiger partial charge in [-0.05, 0) is 49.2 Å². The molecule has 6 heteroatoms. The van der Waals surface area contributed by atoms with Gasteiger partial charge in [0.1, 0.15) is 5.75 Å². The number of ether oxygens (including phenoxy) is 1. The smallest absolute Gasteiger partial charge is 0.241 e. The van der Waals surface area contributed by atoms with Crippen LogP contribution in [0.25, 0.3) is 11.4 Å². The fraction of sp³-hybridized carbons (Fsp3) is 0.391. The van der Waals surface area contributed by atoms with Crippen LogP contribution in [0.1, 0.15) is 23.9 Å². The quantitative estimate of drug-likeness (QED) is 0.610. The van der Waals surface area contributed by atoms with Crippen LogP contribution in [0.5, 0.6) is 5.75 Å². The van der Waals surface area contributed by atoms with Crippen molar-refractivity contribution in [2.45, 2.75) is 26.9 Å². The molecule has 1 fully saturated rings. The van der Waals surface area contributed by atoms with E-state index in [0.29, 0.717) is 24.9 Å². The van der Waals surface area contributed by atoms with Crippen molar-refractivity contribution in [3.8, 4) is 17.1 Å². The van der Waals surface area contributed by atoms with Crippen molar-refractivity contribution in [1.29, 1.82) is 0 Å². The summed E-state index contributed by atoms with van der Waals surface area (Å²) in [6.45, 7) is 10.6. The standard InChI is InChI=1S/C23H28N4O2/c1-3-28-21-10-8-19(9-11-21)23-24-22(29-25-23)17-27-14-12-26(13-15-27)16-20-7-5-4-6-18(20)2/h4-11H,3,12-17H2,1-2H3. The summed E-state index contributed by atoms with van der Waals surface area (Å²) in [6.07, 6.45) is 0. The molecule has 2 heterocycles. The summed E-state index contributed by atoms with van der Waals surface area (Å²) >= 11 is 0. The highest BCUT2D eigenvalue weighted by Crippen LogP contribution is 2.21. The molecule has 0 saturated carbocycles. The first kappa shape index (κ1) is 19.6. The molecule has 4 rings (SSSR count). The molecule has 2 aromatic carbocycles. The van der Waals surface area contributed by atoms with E-state index in [2.05, 4.69) is 51.1 Å². The lowest BCUT2D eigenvalue weighted by molar-refractivity contribution is 0.112. The number of aromatic nitrogens is 2. The molecule has 0 unspecified atom stereocenters. The molecule has 1 aliphatic heterocycles. The Balaban J connectivity index is 1.29. The van der Waals surface area contributed by atoms with Crippen molar-refractivity contribution in [1.82, 2.24) is 19.9 Å². The van der Waals surface area contributed by atoms with E-state index >= 15 is 0 Å². The average molecular weight is 393 g/mol. The van der Waals surface area contributed by atoms with Crippen molar-refractivity contribution in [3.05, 3.63) is 65.5 Å². The molecule has 0 bridgehead atoms. The van der Waals surface area contributed by atoms with Gasteiger partial charge in [0.25, 0.3) is 0 Å². The fourth-order valence-electron chi connectivity index (χ4n) is 3.63. The van der Waals surface area contributed by atoms with Crippen molar-refractivity contribution >= 4 is 0 Å². The van der Waals surface area contributed by atoms with Gasteiger partial charge in [0, 0.05) is 38.3 Å². The molecule has 0 aliphatic carbocycles. The summed E-state index contributed by atoms with van der Waals surface area (Å²) in [4.78, 5) is 9.47. The second-order valence-electron chi connectivity index (χ2n) is 7.45. The Labute approximate surface area is 172 Å². The molecule has 6 nitrogen and oxygen atoms in total. The van der Waals surface area contributed by atoms with Gasteiger partial charge in [-0.15, -0.1) is 0 Å². The van der Waals surface area contributed by atoms with Crippen LogP contribution < -0.4 is 4.74 Å². The second kappa shape index (κ2) is 9.20. The molecule has 0 atom stereocenters. The first-order valence-electron chi connectivity index (χ1n) is 10.3. The minimum absolute atomic E-state index is 0.626. The van der Waals surface area contributed by atoms with Gasteiger partial charge in [-0.1, -0.05) is 29.4 Å². The number of hydrogen-bond acceptors (Lipinski definition) is 6. The van der Waals surface area contributed by atoms with E-state index in [-0.39, 0.29) is 0 Å². The number of rotatable bonds is 7. The third-order valence-electron chi connectivity index (χ3n) is 5.37. The van der Waals surface area contributed by atoms with Crippen molar-refractivity contribution in [2.75, 3.05) is 32.8 Å². The van der Waals surface area contributed by atoms with E-state index in [4.69, 9.17) is 9.26 Å². The van der Waals surface area contributed by atoms with Crippen LogP contribution in [-0.2, 0) is 13.1 Å². The molecular formula is C23H28N4O2. The first-order valence-corrected chi connectivity index (χ1v) is 10.3. The monoisotopic (exact) mass is 392 g/mol. The molecule has 1 aliphatic rings. The highest BCUT2D eigenvalue weighted by molar-refractivity contribution is 5.55. The summed E-state index contributed by atoms with van der Waals surface area (Å²) in [5.74, 6) is 2.14. The number of piperazine rings is 1. The van der Waals surface area contributed by atoms with E-state index < -0.39 is 0 Å². The Morgan fingerprint density at radius 3 is 2.31 bits per heavy atom. The van der Waals surface area contributed by atoms with Crippen molar-refractivity contribution in [3.63, 3.8) is 0 Å². The van der Waals surface area contributed by atoms with Crippen LogP contribution in [-0.4, -0.2) is 52.7 Å². The molecule has 0 N–H and O–H groups in total. The average Bonchev–Trinajstić information content (AvgIpc) is 3.20. The van der Waals surface area contributed by atoms with Gasteiger partial charge in [-0.2, -0.15) is 4.98 Å². The maximum absolute atomic E-state index is 5.49. The highest BCUT2D eigenvalue weighted by atomic mass is 16.5. The molecule has 0 spiro atoms. The topological polar surface area (TPSA) is 54.6 Å². The van der Waals surface area contributed by atoms with Gasteiger partial charge < -0.3 is 9.26 Å². The van der Waals surface area contributed by atoms with E-state index in [0.717, 1.165) is 44.0 Å². The fourth-order valence-corrected chi connectivity index (χ4v) is 3.63. The largest absolute Gasteiger partial charge is 0.494 e. The Kier molecular flexibility index (Phi) is 6.22. The number of benzene rings is 2. The van der Waals surface area contributed by atoms with Gasteiger partial charge in [-0.25, -0.2) is 0 Å². The van der Waals surface area contributed by atoms with E-state index in [1.165, 1.54) is 11.1 Å². The third kappa shape index (κ3) is 5.02. The number of hydrogen-bond donors (Lipinski definition) is 0. The normalized spacial score (nSPS) is 15.5. The summed E-state index contributed by atoms with van der Waals surface area (Å²) < 4.78 is 11.0. The molecule has 0 radical (unpaired) electrons.